The number of rotatable bonds is 3. The van der Waals surface area contributed by atoms with Crippen molar-refractivity contribution < 1.29 is 9.59 Å². The Morgan fingerprint density at radius 1 is 1.16 bits per heavy atom. The molecule has 2 aromatic rings. The largest absolute Gasteiger partial charge is 0.366 e. The number of nitrogens with two attached hydrogens (primary N) is 1. The first-order chi connectivity index (χ1) is 14.9. The molecule has 0 heterocycles. The van der Waals surface area contributed by atoms with Crippen molar-refractivity contribution in [3.8, 4) is 0 Å². The molecule has 2 saturated carbocycles. The molecular weight excluding hydrogens is 382 g/mol. The van der Waals surface area contributed by atoms with Gasteiger partial charge in [0.05, 0.1) is 0 Å². The summed E-state index contributed by atoms with van der Waals surface area (Å²) in [7, 11) is 0. The van der Waals surface area contributed by atoms with Crippen molar-refractivity contribution in [2.24, 2.45) is 23.0 Å². The molecule has 0 aliphatic heterocycles. The summed E-state index contributed by atoms with van der Waals surface area (Å²) in [5.74, 6) is 1.34. The van der Waals surface area contributed by atoms with Crippen molar-refractivity contribution in [2.75, 3.05) is 0 Å². The van der Waals surface area contributed by atoms with Gasteiger partial charge in [-0.05, 0) is 95.9 Å². The Kier molecular flexibility index (Phi) is 4.73. The number of carbonyl (C=O) groups is 2. The zero-order valence-electron chi connectivity index (χ0n) is 18.1. The Morgan fingerprint density at radius 3 is 2.77 bits per heavy atom. The average molecular weight is 412 g/mol. The number of carbonyl (C=O) groups excluding carboxylic acids is 2. The molecule has 0 bridgehead atoms. The van der Waals surface area contributed by atoms with Gasteiger partial charge in [-0.3, -0.25) is 9.59 Å². The number of benzene rings is 2. The Bertz CT molecular complexity index is 1130. The van der Waals surface area contributed by atoms with Crippen LogP contribution < -0.4 is 5.73 Å². The van der Waals surface area contributed by atoms with Gasteiger partial charge in [0.25, 0.3) is 0 Å². The Morgan fingerprint density at radius 2 is 2.00 bits per heavy atom. The molecule has 3 nitrogen and oxygen atoms in total. The quantitative estimate of drug-likeness (QED) is 0.674. The van der Waals surface area contributed by atoms with Crippen LogP contribution in [0.3, 0.4) is 0 Å². The van der Waals surface area contributed by atoms with Crippen LogP contribution in [0.2, 0.25) is 0 Å². The van der Waals surface area contributed by atoms with E-state index in [9.17, 15) is 9.59 Å². The van der Waals surface area contributed by atoms with Crippen molar-refractivity contribution in [1.82, 2.24) is 0 Å². The maximum atomic E-state index is 13.5. The van der Waals surface area contributed by atoms with Crippen LogP contribution in [0.4, 0.5) is 0 Å². The van der Waals surface area contributed by atoms with Crippen LogP contribution in [0, 0.1) is 17.3 Å². The predicted octanol–water partition coefficient (Wildman–Crippen LogP) is 5.55. The molecule has 3 aliphatic carbocycles. The molecule has 2 fully saturated rings. The lowest BCUT2D eigenvalue weighted by atomic mass is 9.55. The highest BCUT2D eigenvalue weighted by Crippen LogP contribution is 2.60. The lowest BCUT2D eigenvalue weighted by Gasteiger charge is -2.48. The molecule has 0 aromatic heterocycles. The molecule has 0 radical (unpaired) electrons. The van der Waals surface area contributed by atoms with Gasteiger partial charge >= 0.3 is 0 Å². The van der Waals surface area contributed by atoms with Crippen LogP contribution in [-0.2, 0) is 11.2 Å². The SMILES string of the molecule is C=Cc1ccc2c(c1)CCC1C2CCC2(C)C(=O)/C(=C/c3cccc(C(N)=O)c3)CC12. The maximum absolute atomic E-state index is 13.5. The fourth-order valence-electron chi connectivity index (χ4n) is 6.51. The first-order valence-electron chi connectivity index (χ1n) is 11.3. The molecule has 3 aliphatic rings. The van der Waals surface area contributed by atoms with Crippen LogP contribution in [0.25, 0.3) is 12.2 Å². The summed E-state index contributed by atoms with van der Waals surface area (Å²) < 4.78 is 0. The third-order valence-corrected chi connectivity index (χ3v) is 8.14. The molecule has 2 N–H and O–H groups in total. The molecule has 0 saturated heterocycles. The second-order valence-electron chi connectivity index (χ2n) is 9.73. The first kappa shape index (κ1) is 20.0. The molecule has 5 rings (SSSR count). The molecule has 1 amide bonds. The molecule has 0 spiro atoms. The number of hydrogen-bond acceptors (Lipinski definition) is 2. The maximum Gasteiger partial charge on any atom is 0.248 e. The summed E-state index contributed by atoms with van der Waals surface area (Å²) in [6.45, 7) is 6.10. The molecule has 158 valence electrons. The number of fused-ring (bicyclic) bond motifs is 5. The second-order valence-corrected chi connectivity index (χ2v) is 9.73. The fraction of sp³-hybridized carbons (Fsp3) is 0.357. The predicted molar refractivity (Wildman–Crippen MR) is 124 cm³/mol. The number of amides is 1. The molecule has 2 aromatic carbocycles. The minimum absolute atomic E-state index is 0.271. The lowest BCUT2D eigenvalue weighted by molar-refractivity contribution is -0.127. The van der Waals surface area contributed by atoms with Crippen molar-refractivity contribution in [2.45, 2.75) is 44.9 Å². The number of aryl methyl sites for hydroxylation is 1. The monoisotopic (exact) mass is 411 g/mol. The van der Waals surface area contributed by atoms with Gasteiger partial charge in [0.2, 0.25) is 5.91 Å². The summed E-state index contributed by atoms with van der Waals surface area (Å²) in [6.07, 6.45) is 8.99. The minimum atomic E-state index is -0.443. The van der Waals surface area contributed by atoms with E-state index in [4.69, 9.17) is 5.73 Å². The van der Waals surface area contributed by atoms with Gasteiger partial charge in [-0.25, -0.2) is 0 Å². The topological polar surface area (TPSA) is 60.2 Å². The zero-order valence-corrected chi connectivity index (χ0v) is 18.1. The van der Waals surface area contributed by atoms with Gasteiger partial charge in [0.1, 0.15) is 0 Å². The van der Waals surface area contributed by atoms with E-state index in [0.29, 0.717) is 29.1 Å². The Labute approximate surface area is 184 Å². The summed E-state index contributed by atoms with van der Waals surface area (Å²) in [6, 6.07) is 14.0. The highest BCUT2D eigenvalue weighted by molar-refractivity contribution is 6.06. The van der Waals surface area contributed by atoms with Crippen molar-refractivity contribution in [3.05, 3.63) is 82.4 Å². The Hall–Kier alpha value is -2.94. The molecule has 4 unspecified atom stereocenters. The average Bonchev–Trinajstić information content (AvgIpc) is 3.03. The summed E-state index contributed by atoms with van der Waals surface area (Å²) in [4.78, 5) is 25.1. The van der Waals surface area contributed by atoms with E-state index in [1.165, 1.54) is 16.7 Å². The molecular formula is C28H29NO2. The zero-order chi connectivity index (χ0) is 21.8. The molecule has 3 heteroatoms. The van der Waals surface area contributed by atoms with Crippen molar-refractivity contribution in [1.29, 1.82) is 0 Å². The van der Waals surface area contributed by atoms with E-state index in [-0.39, 0.29) is 5.41 Å². The van der Waals surface area contributed by atoms with Gasteiger partial charge in [-0.2, -0.15) is 0 Å². The van der Waals surface area contributed by atoms with Crippen molar-refractivity contribution in [3.63, 3.8) is 0 Å². The number of hydrogen-bond donors (Lipinski definition) is 1. The van der Waals surface area contributed by atoms with Gasteiger partial charge in [-0.1, -0.05) is 49.9 Å². The lowest BCUT2D eigenvalue weighted by Crippen LogP contribution is -2.42. The van der Waals surface area contributed by atoms with Crippen LogP contribution in [-0.4, -0.2) is 11.7 Å². The van der Waals surface area contributed by atoms with E-state index >= 15 is 0 Å². The van der Waals surface area contributed by atoms with E-state index in [2.05, 4.69) is 31.7 Å². The standard InChI is InChI=1S/C28H29NO2/c1-3-17-7-9-22-19(13-17)8-10-24-23(22)11-12-28(2)25(24)16-21(26(28)30)15-18-5-4-6-20(14-18)27(29)31/h3-7,9,13-15,23-25H,1,8,10-12,16H2,2H3,(H2,29,31)/b21-15+. The van der Waals surface area contributed by atoms with Crippen LogP contribution in [0.1, 0.15) is 71.1 Å². The van der Waals surface area contributed by atoms with E-state index in [1.54, 1.807) is 12.1 Å². The van der Waals surface area contributed by atoms with Gasteiger partial charge < -0.3 is 5.73 Å². The molecule has 4 atom stereocenters. The van der Waals surface area contributed by atoms with E-state index in [1.807, 2.05) is 24.3 Å². The van der Waals surface area contributed by atoms with Gasteiger partial charge in [-0.15, -0.1) is 0 Å². The fourth-order valence-corrected chi connectivity index (χ4v) is 6.51. The summed E-state index contributed by atoms with van der Waals surface area (Å²) in [5.41, 5.74) is 11.6. The molecule has 31 heavy (non-hydrogen) atoms. The highest BCUT2D eigenvalue weighted by atomic mass is 16.1. The number of Topliss-reactive ketones (excluding diaryl/α,β-unsaturated/α-hetero) is 1. The first-order valence-corrected chi connectivity index (χ1v) is 11.3. The second kappa shape index (κ2) is 7.33. The van der Waals surface area contributed by atoms with Gasteiger partial charge in [0, 0.05) is 11.0 Å². The smallest absolute Gasteiger partial charge is 0.248 e. The van der Waals surface area contributed by atoms with Gasteiger partial charge in [0.15, 0.2) is 5.78 Å². The third-order valence-electron chi connectivity index (χ3n) is 8.14. The highest BCUT2D eigenvalue weighted by Gasteiger charge is 2.56. The summed E-state index contributed by atoms with van der Waals surface area (Å²) in [5, 5.41) is 0. The minimum Gasteiger partial charge on any atom is -0.366 e. The normalized spacial score (nSPS) is 30.4. The number of allylic oxidation sites excluding steroid dienone is 1. The third kappa shape index (κ3) is 3.18. The number of primary amides is 1. The van der Waals surface area contributed by atoms with E-state index in [0.717, 1.165) is 43.2 Å². The van der Waals surface area contributed by atoms with Crippen molar-refractivity contribution >= 4 is 23.8 Å². The summed E-state index contributed by atoms with van der Waals surface area (Å²) >= 11 is 0. The Balaban J connectivity index is 1.47. The number of ketones is 1. The van der Waals surface area contributed by atoms with E-state index < -0.39 is 5.91 Å². The van der Waals surface area contributed by atoms with Crippen LogP contribution in [0.5, 0.6) is 0 Å². The van der Waals surface area contributed by atoms with Crippen LogP contribution in [0.15, 0.2) is 54.6 Å². The van der Waals surface area contributed by atoms with Crippen LogP contribution >= 0.6 is 0 Å².